The molecule has 0 bridgehead atoms. The van der Waals surface area contributed by atoms with Crippen molar-refractivity contribution in [2.75, 3.05) is 32.1 Å². The van der Waals surface area contributed by atoms with E-state index in [2.05, 4.69) is 26.7 Å². The second-order valence-corrected chi connectivity index (χ2v) is 8.43. The molecule has 2 heterocycles. The fourth-order valence-electron chi connectivity index (χ4n) is 3.34. The summed E-state index contributed by atoms with van der Waals surface area (Å²) in [6.45, 7) is 1.86. The summed E-state index contributed by atoms with van der Waals surface area (Å²) in [5, 5.41) is 0. The third-order valence-electron chi connectivity index (χ3n) is 4.90. The zero-order valence-corrected chi connectivity index (χ0v) is 16.0. The highest BCUT2D eigenvalue weighted by Gasteiger charge is 2.21. The molecule has 3 rings (SSSR count). The molecule has 1 aliphatic heterocycles. The second-order valence-electron chi connectivity index (χ2n) is 6.55. The molecule has 140 valence electrons. The monoisotopic (exact) mass is 375 g/mol. The molecule has 0 aliphatic carbocycles. The molecule has 1 saturated heterocycles. The summed E-state index contributed by atoms with van der Waals surface area (Å²) >= 11 is 0. The maximum Gasteiger partial charge on any atom is 0.241 e. The minimum atomic E-state index is -3.44. The van der Waals surface area contributed by atoms with Crippen molar-refractivity contribution in [3.05, 3.63) is 48.2 Å². The van der Waals surface area contributed by atoms with Gasteiger partial charge in [0, 0.05) is 19.3 Å². The Morgan fingerprint density at radius 1 is 1.23 bits per heavy atom. The molecule has 1 N–H and O–H groups in total. The van der Waals surface area contributed by atoms with Gasteiger partial charge in [0.15, 0.2) is 0 Å². The Balaban J connectivity index is 1.58. The van der Waals surface area contributed by atoms with Gasteiger partial charge in [0.25, 0.3) is 0 Å². The fourth-order valence-corrected chi connectivity index (χ4v) is 4.01. The number of rotatable bonds is 6. The SMILES string of the molecule is CNS(=O)(=O)c1ccc(N2CCC(Cc3cccc(OC)c3)CC2)nc1. The number of piperidine rings is 1. The summed E-state index contributed by atoms with van der Waals surface area (Å²) in [5.41, 5.74) is 1.31. The lowest BCUT2D eigenvalue weighted by molar-refractivity contribution is 0.397. The maximum atomic E-state index is 11.8. The van der Waals surface area contributed by atoms with Crippen molar-refractivity contribution in [3.8, 4) is 5.75 Å². The van der Waals surface area contributed by atoms with Crippen LogP contribution in [-0.2, 0) is 16.4 Å². The normalized spacial score (nSPS) is 15.8. The number of nitrogens with zero attached hydrogens (tertiary/aromatic N) is 2. The van der Waals surface area contributed by atoms with Crippen LogP contribution in [0.3, 0.4) is 0 Å². The van der Waals surface area contributed by atoms with E-state index in [9.17, 15) is 8.42 Å². The van der Waals surface area contributed by atoms with Gasteiger partial charge >= 0.3 is 0 Å². The van der Waals surface area contributed by atoms with Crippen LogP contribution in [0.25, 0.3) is 0 Å². The van der Waals surface area contributed by atoms with E-state index in [0.29, 0.717) is 5.92 Å². The van der Waals surface area contributed by atoms with Gasteiger partial charge in [-0.05, 0) is 62.1 Å². The van der Waals surface area contributed by atoms with Crippen molar-refractivity contribution in [2.24, 2.45) is 5.92 Å². The van der Waals surface area contributed by atoms with Gasteiger partial charge in [-0.15, -0.1) is 0 Å². The van der Waals surface area contributed by atoms with Crippen LogP contribution in [0.4, 0.5) is 5.82 Å². The molecule has 0 amide bonds. The molecule has 0 saturated carbocycles. The molecule has 1 aliphatic rings. The Morgan fingerprint density at radius 3 is 2.62 bits per heavy atom. The van der Waals surface area contributed by atoms with Crippen LogP contribution in [0, 0.1) is 5.92 Å². The molecule has 7 heteroatoms. The first-order chi connectivity index (χ1) is 12.5. The van der Waals surface area contributed by atoms with Crippen molar-refractivity contribution in [3.63, 3.8) is 0 Å². The van der Waals surface area contributed by atoms with Crippen molar-refractivity contribution in [2.45, 2.75) is 24.2 Å². The maximum absolute atomic E-state index is 11.8. The first-order valence-electron chi connectivity index (χ1n) is 8.79. The molecule has 1 fully saturated rings. The third-order valence-corrected chi connectivity index (χ3v) is 6.30. The molecule has 2 aromatic rings. The summed E-state index contributed by atoms with van der Waals surface area (Å²) in [7, 11) is -0.345. The Morgan fingerprint density at radius 2 is 2.00 bits per heavy atom. The van der Waals surface area contributed by atoms with Crippen molar-refractivity contribution in [1.82, 2.24) is 9.71 Å². The number of ether oxygens (including phenoxy) is 1. The minimum absolute atomic E-state index is 0.191. The molecular weight excluding hydrogens is 350 g/mol. The van der Waals surface area contributed by atoms with Crippen molar-refractivity contribution >= 4 is 15.8 Å². The summed E-state index contributed by atoms with van der Waals surface area (Å²) < 4.78 is 31.2. The Bertz CT molecular complexity index is 829. The van der Waals surface area contributed by atoms with Gasteiger partial charge in [-0.2, -0.15) is 0 Å². The van der Waals surface area contributed by atoms with Crippen molar-refractivity contribution in [1.29, 1.82) is 0 Å². The quantitative estimate of drug-likeness (QED) is 0.840. The van der Waals surface area contributed by atoms with Gasteiger partial charge in [0.1, 0.15) is 16.5 Å². The molecule has 0 unspecified atom stereocenters. The number of benzene rings is 1. The van der Waals surface area contributed by atoms with Gasteiger partial charge in [-0.3, -0.25) is 0 Å². The van der Waals surface area contributed by atoms with Gasteiger partial charge in [-0.1, -0.05) is 12.1 Å². The van der Waals surface area contributed by atoms with E-state index in [1.807, 2.05) is 12.1 Å². The first-order valence-corrected chi connectivity index (χ1v) is 10.3. The predicted molar refractivity (Wildman–Crippen MR) is 102 cm³/mol. The molecule has 1 aromatic carbocycles. The van der Waals surface area contributed by atoms with Crippen LogP contribution >= 0.6 is 0 Å². The largest absolute Gasteiger partial charge is 0.497 e. The lowest BCUT2D eigenvalue weighted by Crippen LogP contribution is -2.34. The van der Waals surface area contributed by atoms with Gasteiger partial charge in [0.05, 0.1) is 7.11 Å². The molecule has 0 spiro atoms. The van der Waals surface area contributed by atoms with Gasteiger partial charge in [-0.25, -0.2) is 18.1 Å². The smallest absolute Gasteiger partial charge is 0.241 e. The lowest BCUT2D eigenvalue weighted by atomic mass is 9.90. The first kappa shape index (κ1) is 18.7. The second kappa shape index (κ2) is 8.05. The van der Waals surface area contributed by atoms with E-state index in [4.69, 9.17) is 4.74 Å². The lowest BCUT2D eigenvalue weighted by Gasteiger charge is -2.33. The van der Waals surface area contributed by atoms with Crippen LogP contribution in [-0.4, -0.2) is 40.6 Å². The van der Waals surface area contributed by atoms with E-state index in [1.54, 1.807) is 19.2 Å². The number of hydrogen-bond acceptors (Lipinski definition) is 5. The molecule has 6 nitrogen and oxygen atoms in total. The molecule has 1 aromatic heterocycles. The minimum Gasteiger partial charge on any atom is -0.497 e. The number of hydrogen-bond donors (Lipinski definition) is 1. The average molecular weight is 375 g/mol. The summed E-state index contributed by atoms with van der Waals surface area (Å²) in [6.07, 6.45) is 4.66. The highest BCUT2D eigenvalue weighted by molar-refractivity contribution is 7.89. The Labute approximate surface area is 155 Å². The topological polar surface area (TPSA) is 71.5 Å². The molecule has 0 radical (unpaired) electrons. The number of anilines is 1. The van der Waals surface area contributed by atoms with Crippen LogP contribution in [0.15, 0.2) is 47.5 Å². The standard InChI is InChI=1S/C19H25N3O3S/c1-20-26(23,24)18-6-7-19(21-14-18)22-10-8-15(9-11-22)12-16-4-3-5-17(13-16)25-2/h3-7,13-15,20H,8-12H2,1-2H3. The van der Waals surface area contributed by atoms with Crippen LogP contribution in [0.2, 0.25) is 0 Å². The Hall–Kier alpha value is -2.12. The highest BCUT2D eigenvalue weighted by Crippen LogP contribution is 2.26. The van der Waals surface area contributed by atoms with Gasteiger partial charge in [0.2, 0.25) is 10.0 Å². The number of pyridine rings is 1. The zero-order valence-electron chi connectivity index (χ0n) is 15.2. The van der Waals surface area contributed by atoms with E-state index in [-0.39, 0.29) is 4.90 Å². The van der Waals surface area contributed by atoms with Gasteiger partial charge < -0.3 is 9.64 Å². The summed E-state index contributed by atoms with van der Waals surface area (Å²) in [5.74, 6) is 2.38. The van der Waals surface area contributed by atoms with Crippen molar-refractivity contribution < 1.29 is 13.2 Å². The van der Waals surface area contributed by atoms with Crippen LogP contribution < -0.4 is 14.4 Å². The van der Waals surface area contributed by atoms with Crippen LogP contribution in [0.1, 0.15) is 18.4 Å². The third kappa shape index (κ3) is 4.34. The number of nitrogens with one attached hydrogen (secondary N) is 1. The number of sulfonamides is 1. The van der Waals surface area contributed by atoms with Crippen LogP contribution in [0.5, 0.6) is 5.75 Å². The molecular formula is C19H25N3O3S. The van der Waals surface area contributed by atoms with E-state index in [1.165, 1.54) is 18.8 Å². The van der Waals surface area contributed by atoms with E-state index < -0.39 is 10.0 Å². The summed E-state index contributed by atoms with van der Waals surface area (Å²) in [6, 6.07) is 11.7. The fraction of sp³-hybridized carbons (Fsp3) is 0.421. The number of methoxy groups -OCH3 is 1. The average Bonchev–Trinajstić information content (AvgIpc) is 2.69. The Kier molecular flexibility index (Phi) is 5.78. The van der Waals surface area contributed by atoms with E-state index >= 15 is 0 Å². The molecule has 0 atom stereocenters. The number of aromatic nitrogens is 1. The summed E-state index contributed by atoms with van der Waals surface area (Å²) in [4.78, 5) is 6.75. The van der Waals surface area contributed by atoms with E-state index in [0.717, 1.165) is 43.9 Å². The molecule has 26 heavy (non-hydrogen) atoms. The highest BCUT2D eigenvalue weighted by atomic mass is 32.2. The predicted octanol–water partition coefficient (Wildman–Crippen LogP) is 2.46. The zero-order chi connectivity index (χ0) is 18.6.